The van der Waals surface area contributed by atoms with E-state index >= 15 is 0 Å². The molecule has 0 spiro atoms. The molecule has 1 N–H and O–H groups in total. The minimum absolute atomic E-state index is 0.0477. The van der Waals surface area contributed by atoms with Crippen LogP contribution in [0.25, 0.3) is 0 Å². The highest BCUT2D eigenvalue weighted by atomic mass is 35.5. The van der Waals surface area contributed by atoms with Crippen LogP contribution < -0.4 is 9.47 Å². The van der Waals surface area contributed by atoms with Gasteiger partial charge >= 0.3 is 5.97 Å². The molecule has 0 aromatic heterocycles. The largest absolute Gasteiger partial charge is 0.489 e. The second-order valence-corrected chi connectivity index (χ2v) is 7.45. The molecule has 0 amide bonds. The highest BCUT2D eigenvalue weighted by molar-refractivity contribution is 6.55. The van der Waals surface area contributed by atoms with Crippen LogP contribution in [0, 0.1) is 0 Å². The Morgan fingerprint density at radius 2 is 1.80 bits per heavy atom. The summed E-state index contributed by atoms with van der Waals surface area (Å²) < 4.78 is 11.3. The van der Waals surface area contributed by atoms with E-state index in [9.17, 15) is 9.90 Å². The number of ether oxygens (including phenoxy) is 2. The third-order valence-corrected chi connectivity index (χ3v) is 4.46. The van der Waals surface area contributed by atoms with Crippen molar-refractivity contribution in [3.8, 4) is 11.5 Å². The Morgan fingerprint density at radius 3 is 2.40 bits per heavy atom. The maximum atomic E-state index is 11.6. The van der Waals surface area contributed by atoms with Crippen molar-refractivity contribution in [2.75, 3.05) is 13.2 Å². The molecule has 0 unspecified atom stereocenters. The summed E-state index contributed by atoms with van der Waals surface area (Å²) in [7, 11) is 0. The van der Waals surface area contributed by atoms with Crippen LogP contribution in [0.3, 0.4) is 0 Å². The molecule has 0 radical (unpaired) electrons. The molecule has 0 aliphatic rings. The number of rotatable bonds is 10. The minimum atomic E-state index is -1.21. The molecule has 0 aliphatic heterocycles. The van der Waals surface area contributed by atoms with Gasteiger partial charge in [-0.15, -0.1) is 0 Å². The number of aliphatic carboxylic acids is 1. The normalized spacial score (nSPS) is 11.0. The number of halogens is 4. The predicted molar refractivity (Wildman–Crippen MR) is 118 cm³/mol. The second kappa shape index (κ2) is 11.9. The van der Waals surface area contributed by atoms with Crippen molar-refractivity contribution >= 4 is 58.1 Å². The maximum Gasteiger partial charge on any atom is 0.358 e. The molecule has 0 bridgehead atoms. The van der Waals surface area contributed by atoms with Gasteiger partial charge in [0.2, 0.25) is 0 Å². The minimum Gasteiger partial charge on any atom is -0.489 e. The van der Waals surface area contributed by atoms with Crippen molar-refractivity contribution in [1.82, 2.24) is 0 Å². The van der Waals surface area contributed by atoms with Crippen LogP contribution in [0.1, 0.15) is 18.1 Å². The van der Waals surface area contributed by atoms with Crippen LogP contribution in [-0.4, -0.2) is 30.0 Å². The van der Waals surface area contributed by atoms with Gasteiger partial charge in [0.15, 0.2) is 11.5 Å². The average Bonchev–Trinajstić information content (AvgIpc) is 2.69. The summed E-state index contributed by atoms with van der Waals surface area (Å²) in [5.41, 5.74) is 0.745. The van der Waals surface area contributed by atoms with E-state index in [0.29, 0.717) is 16.9 Å². The number of carboxylic acids is 1. The van der Waals surface area contributed by atoms with Gasteiger partial charge < -0.3 is 19.4 Å². The average molecular weight is 493 g/mol. The standard InChI is InChI=1S/C20H17Cl4NO5/c1-2-30-25-18(20(26)27)14-6-4-3-5-12(14)11-29-13-9-15(21)19(16(22)10-13)28-8-7-17(23)24/h3-7,9-10H,2,8,11H2,1H3,(H,26,27). The van der Waals surface area contributed by atoms with Gasteiger partial charge in [0.25, 0.3) is 0 Å². The third kappa shape index (κ3) is 6.99. The summed E-state index contributed by atoms with van der Waals surface area (Å²) in [6.07, 6.45) is 1.45. The molecule has 0 saturated heterocycles. The zero-order chi connectivity index (χ0) is 22.1. The van der Waals surface area contributed by atoms with Gasteiger partial charge in [0.1, 0.15) is 30.1 Å². The maximum absolute atomic E-state index is 11.6. The Hall–Kier alpha value is -2.12. The molecule has 0 fully saturated rings. The van der Waals surface area contributed by atoms with E-state index < -0.39 is 5.97 Å². The van der Waals surface area contributed by atoms with Gasteiger partial charge in [-0.1, -0.05) is 75.8 Å². The zero-order valence-electron chi connectivity index (χ0n) is 15.7. The van der Waals surface area contributed by atoms with Crippen molar-refractivity contribution in [3.63, 3.8) is 0 Å². The number of nitrogens with zero attached hydrogens (tertiary/aromatic N) is 1. The number of carbonyl (C=O) groups is 1. The van der Waals surface area contributed by atoms with E-state index in [1.807, 2.05) is 0 Å². The highest BCUT2D eigenvalue weighted by Crippen LogP contribution is 2.37. The second-order valence-electron chi connectivity index (χ2n) is 5.63. The summed E-state index contributed by atoms with van der Waals surface area (Å²) in [6, 6.07) is 9.87. The SMILES string of the molecule is CCON=C(C(=O)O)c1ccccc1COc1cc(Cl)c(OCC=C(Cl)Cl)c(Cl)c1. The molecule has 6 nitrogen and oxygen atoms in total. The lowest BCUT2D eigenvalue weighted by Gasteiger charge is -2.13. The van der Waals surface area contributed by atoms with Crippen molar-refractivity contribution in [2.24, 2.45) is 5.16 Å². The molecule has 30 heavy (non-hydrogen) atoms. The topological polar surface area (TPSA) is 77.4 Å². The highest BCUT2D eigenvalue weighted by Gasteiger charge is 2.18. The van der Waals surface area contributed by atoms with Gasteiger partial charge in [-0.3, -0.25) is 0 Å². The summed E-state index contributed by atoms with van der Waals surface area (Å²) in [5.74, 6) is -0.583. The molecule has 0 heterocycles. The van der Waals surface area contributed by atoms with E-state index in [0.717, 1.165) is 0 Å². The van der Waals surface area contributed by atoms with E-state index in [4.69, 9.17) is 60.7 Å². The molecular formula is C20H17Cl4NO5. The fraction of sp³-hybridized carbons (Fsp3) is 0.200. The van der Waals surface area contributed by atoms with Crippen LogP contribution in [-0.2, 0) is 16.2 Å². The number of benzene rings is 2. The van der Waals surface area contributed by atoms with Crippen LogP contribution in [0.15, 0.2) is 52.1 Å². The van der Waals surface area contributed by atoms with E-state index in [1.54, 1.807) is 31.2 Å². The van der Waals surface area contributed by atoms with Crippen molar-refractivity contribution in [3.05, 3.63) is 68.1 Å². The quantitative estimate of drug-likeness (QED) is 0.320. The third-order valence-electron chi connectivity index (χ3n) is 3.59. The summed E-state index contributed by atoms with van der Waals surface area (Å²) in [4.78, 5) is 16.5. The van der Waals surface area contributed by atoms with E-state index in [1.165, 1.54) is 18.2 Å². The lowest BCUT2D eigenvalue weighted by atomic mass is 10.0. The first kappa shape index (κ1) is 24.2. The van der Waals surface area contributed by atoms with Gasteiger partial charge in [0, 0.05) is 17.7 Å². The van der Waals surface area contributed by atoms with Crippen LogP contribution in [0.5, 0.6) is 11.5 Å². The first-order chi connectivity index (χ1) is 14.3. The van der Waals surface area contributed by atoms with Gasteiger partial charge in [-0.2, -0.15) is 0 Å². The molecule has 2 rings (SSSR count). The molecule has 0 saturated carbocycles. The molecule has 0 aliphatic carbocycles. The Labute approximate surface area is 193 Å². The van der Waals surface area contributed by atoms with Crippen LogP contribution in [0.2, 0.25) is 10.0 Å². The molecule has 160 valence electrons. The molecule has 2 aromatic carbocycles. The monoisotopic (exact) mass is 491 g/mol. The van der Waals surface area contributed by atoms with Gasteiger partial charge in [-0.25, -0.2) is 4.79 Å². The predicted octanol–water partition coefficient (Wildman–Crippen LogP) is 6.10. The number of hydrogen-bond acceptors (Lipinski definition) is 5. The summed E-state index contributed by atoms with van der Waals surface area (Å²) in [5, 5.41) is 13.6. The number of oxime groups is 1. The zero-order valence-corrected chi connectivity index (χ0v) is 18.7. The van der Waals surface area contributed by atoms with Crippen molar-refractivity contribution in [1.29, 1.82) is 0 Å². The molecule has 0 atom stereocenters. The van der Waals surface area contributed by atoms with Crippen LogP contribution in [0.4, 0.5) is 0 Å². The van der Waals surface area contributed by atoms with Gasteiger partial charge in [-0.05, 0) is 18.6 Å². The fourth-order valence-electron chi connectivity index (χ4n) is 2.32. The number of hydrogen-bond donors (Lipinski definition) is 1. The lowest BCUT2D eigenvalue weighted by Crippen LogP contribution is -2.18. The Balaban J connectivity index is 2.20. The smallest absolute Gasteiger partial charge is 0.358 e. The van der Waals surface area contributed by atoms with E-state index in [2.05, 4.69) is 5.16 Å². The Bertz CT molecular complexity index is 935. The Morgan fingerprint density at radius 1 is 1.13 bits per heavy atom. The molecule has 2 aromatic rings. The van der Waals surface area contributed by atoms with Gasteiger partial charge in [0.05, 0.1) is 10.0 Å². The van der Waals surface area contributed by atoms with Crippen LogP contribution >= 0.6 is 46.4 Å². The lowest BCUT2D eigenvalue weighted by molar-refractivity contribution is -0.129. The number of carboxylic acid groups (broad SMARTS) is 1. The fourth-order valence-corrected chi connectivity index (χ4v) is 3.02. The first-order valence-electron chi connectivity index (χ1n) is 8.60. The first-order valence-corrected chi connectivity index (χ1v) is 10.1. The molecule has 10 heteroatoms. The summed E-state index contributed by atoms with van der Waals surface area (Å²) in [6.45, 7) is 2.09. The summed E-state index contributed by atoms with van der Waals surface area (Å²) >= 11 is 23.5. The van der Waals surface area contributed by atoms with E-state index in [-0.39, 0.29) is 45.8 Å². The van der Waals surface area contributed by atoms with Crippen molar-refractivity contribution < 1.29 is 24.2 Å². The van der Waals surface area contributed by atoms with Crippen molar-refractivity contribution in [2.45, 2.75) is 13.5 Å². The Kier molecular flexibility index (Phi) is 9.59. The molecular weight excluding hydrogens is 476 g/mol.